The van der Waals surface area contributed by atoms with Gasteiger partial charge in [-0.25, -0.2) is 0 Å². The highest BCUT2D eigenvalue weighted by molar-refractivity contribution is 5.76. The van der Waals surface area contributed by atoms with Crippen LogP contribution in [0.15, 0.2) is 53.1 Å². The van der Waals surface area contributed by atoms with Crippen LogP contribution in [0.2, 0.25) is 0 Å². The second kappa shape index (κ2) is 10.1. The third-order valence-electron chi connectivity index (χ3n) is 6.30. The maximum absolute atomic E-state index is 12.7. The largest absolute Gasteiger partial charge is 0.468 e. The number of hydrogen-bond donors (Lipinski definition) is 0. The first kappa shape index (κ1) is 20.2. The van der Waals surface area contributed by atoms with Crippen molar-refractivity contribution in [2.24, 2.45) is 5.92 Å². The van der Waals surface area contributed by atoms with Crippen LogP contribution in [-0.2, 0) is 17.9 Å². The van der Waals surface area contributed by atoms with Crippen molar-refractivity contribution in [1.82, 2.24) is 14.7 Å². The number of nitrogens with zero attached hydrogens (tertiary/aromatic N) is 3. The molecule has 2 aromatic rings. The molecule has 1 aromatic carbocycles. The normalized spacial score (nSPS) is 21.4. The minimum absolute atomic E-state index is 0.340. The van der Waals surface area contributed by atoms with E-state index in [0.717, 1.165) is 64.5 Å². The summed E-state index contributed by atoms with van der Waals surface area (Å²) in [6.07, 6.45) is 5.91. The molecule has 1 atom stereocenters. The number of amides is 1. The van der Waals surface area contributed by atoms with Crippen molar-refractivity contribution in [3.63, 3.8) is 0 Å². The van der Waals surface area contributed by atoms with Crippen LogP contribution in [0.3, 0.4) is 0 Å². The minimum Gasteiger partial charge on any atom is -0.468 e. The number of likely N-dealkylation sites (tertiary alicyclic amines) is 1. The van der Waals surface area contributed by atoms with Crippen molar-refractivity contribution in [1.29, 1.82) is 0 Å². The maximum Gasteiger partial charge on any atom is 0.222 e. The third kappa shape index (κ3) is 5.94. The molecule has 2 aliphatic heterocycles. The standard InChI is InChI=1S/C24H33N3O2/c28-24(27-15-13-25(14-16-27)18-21-6-2-1-3-7-21)11-10-22-8-4-12-26(19-22)20-23-9-5-17-29-23/h1-3,5-7,9,17,22H,4,8,10-16,18-20H2. The number of benzene rings is 1. The van der Waals surface area contributed by atoms with Gasteiger partial charge in [0.05, 0.1) is 12.8 Å². The van der Waals surface area contributed by atoms with E-state index in [2.05, 4.69) is 45.0 Å². The molecule has 5 nitrogen and oxygen atoms in total. The van der Waals surface area contributed by atoms with Crippen LogP contribution in [-0.4, -0.2) is 59.9 Å². The Hall–Kier alpha value is -2.11. The highest BCUT2D eigenvalue weighted by Crippen LogP contribution is 2.23. The van der Waals surface area contributed by atoms with E-state index in [9.17, 15) is 4.79 Å². The smallest absolute Gasteiger partial charge is 0.222 e. The van der Waals surface area contributed by atoms with Gasteiger partial charge in [-0.2, -0.15) is 0 Å². The van der Waals surface area contributed by atoms with Gasteiger partial charge >= 0.3 is 0 Å². The Labute approximate surface area is 174 Å². The Kier molecular flexibility index (Phi) is 7.01. The molecule has 1 amide bonds. The monoisotopic (exact) mass is 395 g/mol. The molecule has 2 aliphatic rings. The quantitative estimate of drug-likeness (QED) is 0.718. The Morgan fingerprint density at radius 3 is 2.52 bits per heavy atom. The van der Waals surface area contributed by atoms with E-state index in [1.807, 2.05) is 12.1 Å². The second-order valence-corrected chi connectivity index (χ2v) is 8.50. The topological polar surface area (TPSA) is 39.9 Å². The van der Waals surface area contributed by atoms with Crippen molar-refractivity contribution in [2.45, 2.75) is 38.8 Å². The molecule has 3 heterocycles. The average Bonchev–Trinajstić information content (AvgIpc) is 3.27. The van der Waals surface area contributed by atoms with Crippen molar-refractivity contribution in [3.8, 4) is 0 Å². The number of hydrogen-bond acceptors (Lipinski definition) is 4. The molecule has 0 spiro atoms. The van der Waals surface area contributed by atoms with Crippen molar-refractivity contribution in [3.05, 3.63) is 60.1 Å². The molecule has 0 bridgehead atoms. The fourth-order valence-electron chi connectivity index (χ4n) is 4.64. The molecule has 2 fully saturated rings. The number of piperidine rings is 1. The van der Waals surface area contributed by atoms with Gasteiger partial charge in [-0.15, -0.1) is 0 Å². The van der Waals surface area contributed by atoms with Gasteiger partial charge in [-0.05, 0) is 49.4 Å². The molecule has 29 heavy (non-hydrogen) atoms. The fourth-order valence-corrected chi connectivity index (χ4v) is 4.64. The molecule has 4 rings (SSSR count). The Morgan fingerprint density at radius 2 is 1.76 bits per heavy atom. The van der Waals surface area contributed by atoms with Gasteiger partial charge in [0, 0.05) is 45.7 Å². The van der Waals surface area contributed by atoms with Crippen LogP contribution in [0.4, 0.5) is 0 Å². The number of furan rings is 1. The number of carbonyl (C=O) groups excluding carboxylic acids is 1. The predicted molar refractivity (Wildman–Crippen MR) is 114 cm³/mol. The molecule has 1 aromatic heterocycles. The SMILES string of the molecule is O=C(CCC1CCCN(Cc2ccco2)C1)N1CCN(Cc2ccccc2)CC1. The van der Waals surface area contributed by atoms with Crippen LogP contribution < -0.4 is 0 Å². The Balaban J connectivity index is 1.16. The third-order valence-corrected chi connectivity index (χ3v) is 6.30. The first-order valence-electron chi connectivity index (χ1n) is 11.0. The highest BCUT2D eigenvalue weighted by atomic mass is 16.3. The lowest BCUT2D eigenvalue weighted by atomic mass is 9.93. The summed E-state index contributed by atoms with van der Waals surface area (Å²) in [5.41, 5.74) is 1.35. The molecule has 0 N–H and O–H groups in total. The molecular formula is C24H33N3O2. The number of rotatable bonds is 7. The molecule has 156 valence electrons. The van der Waals surface area contributed by atoms with Crippen molar-refractivity contribution < 1.29 is 9.21 Å². The summed E-state index contributed by atoms with van der Waals surface area (Å²) in [5.74, 6) is 2.00. The molecule has 0 saturated carbocycles. The second-order valence-electron chi connectivity index (χ2n) is 8.50. The van der Waals surface area contributed by atoms with Gasteiger partial charge in [0.2, 0.25) is 5.91 Å². The van der Waals surface area contributed by atoms with Crippen LogP contribution in [0.5, 0.6) is 0 Å². The van der Waals surface area contributed by atoms with E-state index >= 15 is 0 Å². The Morgan fingerprint density at radius 1 is 0.931 bits per heavy atom. The summed E-state index contributed by atoms with van der Waals surface area (Å²) < 4.78 is 5.49. The lowest BCUT2D eigenvalue weighted by Gasteiger charge is -2.36. The van der Waals surface area contributed by atoms with Crippen LogP contribution >= 0.6 is 0 Å². The van der Waals surface area contributed by atoms with E-state index in [1.54, 1.807) is 6.26 Å². The number of piperazine rings is 1. The number of carbonyl (C=O) groups is 1. The fraction of sp³-hybridized carbons (Fsp3) is 0.542. The van der Waals surface area contributed by atoms with Gasteiger partial charge in [0.15, 0.2) is 0 Å². The molecular weight excluding hydrogens is 362 g/mol. The lowest BCUT2D eigenvalue weighted by Crippen LogP contribution is -2.48. The summed E-state index contributed by atoms with van der Waals surface area (Å²) in [5, 5.41) is 0. The first-order valence-corrected chi connectivity index (χ1v) is 11.0. The van der Waals surface area contributed by atoms with E-state index in [4.69, 9.17) is 4.42 Å². The highest BCUT2D eigenvalue weighted by Gasteiger charge is 2.24. The molecule has 2 saturated heterocycles. The first-order chi connectivity index (χ1) is 14.3. The summed E-state index contributed by atoms with van der Waals surface area (Å²) in [7, 11) is 0. The maximum atomic E-state index is 12.7. The lowest BCUT2D eigenvalue weighted by molar-refractivity contribution is -0.133. The zero-order valence-electron chi connectivity index (χ0n) is 17.3. The predicted octanol–water partition coefficient (Wildman–Crippen LogP) is 3.62. The van der Waals surface area contributed by atoms with Crippen molar-refractivity contribution in [2.75, 3.05) is 39.3 Å². The molecule has 0 aliphatic carbocycles. The summed E-state index contributed by atoms with van der Waals surface area (Å²) in [6, 6.07) is 14.6. The Bertz CT molecular complexity index is 739. The zero-order valence-corrected chi connectivity index (χ0v) is 17.3. The van der Waals surface area contributed by atoms with E-state index in [0.29, 0.717) is 18.2 Å². The van der Waals surface area contributed by atoms with E-state index < -0.39 is 0 Å². The summed E-state index contributed by atoms with van der Waals surface area (Å²) in [6.45, 7) is 7.76. The van der Waals surface area contributed by atoms with Gasteiger partial charge in [0.25, 0.3) is 0 Å². The van der Waals surface area contributed by atoms with Gasteiger partial charge < -0.3 is 9.32 Å². The van der Waals surface area contributed by atoms with Crippen LogP contribution in [0.1, 0.15) is 37.0 Å². The van der Waals surface area contributed by atoms with Gasteiger partial charge in [0.1, 0.15) is 5.76 Å². The zero-order chi connectivity index (χ0) is 19.9. The van der Waals surface area contributed by atoms with E-state index in [1.165, 1.54) is 18.4 Å². The molecule has 5 heteroatoms. The van der Waals surface area contributed by atoms with Gasteiger partial charge in [-0.3, -0.25) is 14.6 Å². The van der Waals surface area contributed by atoms with Gasteiger partial charge in [-0.1, -0.05) is 30.3 Å². The van der Waals surface area contributed by atoms with Crippen molar-refractivity contribution >= 4 is 5.91 Å². The van der Waals surface area contributed by atoms with E-state index in [-0.39, 0.29) is 0 Å². The molecule has 1 unspecified atom stereocenters. The van der Waals surface area contributed by atoms with Crippen LogP contribution in [0, 0.1) is 5.92 Å². The summed E-state index contributed by atoms with van der Waals surface area (Å²) >= 11 is 0. The molecule has 0 radical (unpaired) electrons. The van der Waals surface area contributed by atoms with Crippen LogP contribution in [0.25, 0.3) is 0 Å². The minimum atomic E-state index is 0.340. The average molecular weight is 396 g/mol. The summed E-state index contributed by atoms with van der Waals surface area (Å²) in [4.78, 5) is 19.7.